The Morgan fingerprint density at radius 3 is 2.89 bits per heavy atom. The lowest BCUT2D eigenvalue weighted by molar-refractivity contribution is -0.0865. The van der Waals surface area contributed by atoms with Crippen molar-refractivity contribution in [3.63, 3.8) is 0 Å². The molecule has 2 aliphatic rings. The first-order valence-corrected chi connectivity index (χ1v) is 6.84. The maximum atomic E-state index is 6.13. The molecule has 2 heterocycles. The summed E-state index contributed by atoms with van der Waals surface area (Å²) in [5.41, 5.74) is 1.40. The third-order valence-electron chi connectivity index (χ3n) is 4.16. The molecule has 2 saturated heterocycles. The molecular formula is C14H19ClN2O. The lowest BCUT2D eigenvalue weighted by Crippen LogP contribution is -2.66. The van der Waals surface area contributed by atoms with Crippen LogP contribution >= 0.6 is 11.6 Å². The number of piperazine rings is 1. The summed E-state index contributed by atoms with van der Waals surface area (Å²) in [4.78, 5) is 2.38. The summed E-state index contributed by atoms with van der Waals surface area (Å²) in [6.45, 7) is 4.81. The smallest absolute Gasteiger partial charge is 0.0601 e. The number of nitrogens with zero attached hydrogens (tertiary/aromatic N) is 1. The average molecular weight is 267 g/mol. The molecule has 3 rings (SSSR count). The van der Waals surface area contributed by atoms with Crippen molar-refractivity contribution >= 4 is 11.6 Å². The molecule has 1 aromatic carbocycles. The van der Waals surface area contributed by atoms with Crippen LogP contribution in [0.5, 0.6) is 0 Å². The Bertz CT molecular complexity index is 434. The topological polar surface area (TPSA) is 24.5 Å². The SMILES string of the molecule is CN1CCNC(C2(c3cccc(Cl)c3)COC2)C1. The Morgan fingerprint density at radius 1 is 1.44 bits per heavy atom. The highest BCUT2D eigenvalue weighted by Gasteiger charge is 2.48. The predicted octanol–water partition coefficient (Wildman–Crippen LogP) is 1.51. The summed E-state index contributed by atoms with van der Waals surface area (Å²) in [5, 5.41) is 4.45. The van der Waals surface area contributed by atoms with Gasteiger partial charge in [0.25, 0.3) is 0 Å². The van der Waals surface area contributed by atoms with Gasteiger partial charge < -0.3 is 15.0 Å². The molecule has 0 aliphatic carbocycles. The maximum absolute atomic E-state index is 6.13. The van der Waals surface area contributed by atoms with E-state index in [0.717, 1.165) is 37.9 Å². The fourth-order valence-electron chi connectivity index (χ4n) is 2.96. The van der Waals surface area contributed by atoms with Crippen LogP contribution in [0.1, 0.15) is 5.56 Å². The fourth-order valence-corrected chi connectivity index (χ4v) is 3.15. The van der Waals surface area contributed by atoms with Gasteiger partial charge in [-0.25, -0.2) is 0 Å². The largest absolute Gasteiger partial charge is 0.379 e. The Labute approximate surface area is 113 Å². The van der Waals surface area contributed by atoms with Gasteiger partial charge in [-0.1, -0.05) is 23.7 Å². The van der Waals surface area contributed by atoms with Crippen LogP contribution in [0.3, 0.4) is 0 Å². The molecule has 1 aromatic rings. The number of ether oxygens (including phenoxy) is 1. The van der Waals surface area contributed by atoms with Gasteiger partial charge in [0.1, 0.15) is 0 Å². The molecule has 0 aromatic heterocycles. The van der Waals surface area contributed by atoms with E-state index in [2.05, 4.69) is 29.4 Å². The van der Waals surface area contributed by atoms with E-state index in [1.165, 1.54) is 5.56 Å². The molecule has 0 spiro atoms. The molecule has 0 radical (unpaired) electrons. The highest BCUT2D eigenvalue weighted by atomic mass is 35.5. The molecule has 0 saturated carbocycles. The van der Waals surface area contributed by atoms with Gasteiger partial charge in [0.05, 0.1) is 18.6 Å². The zero-order chi connectivity index (χ0) is 12.6. The summed E-state index contributed by atoms with van der Waals surface area (Å²) in [6, 6.07) is 8.66. The van der Waals surface area contributed by atoms with Gasteiger partial charge >= 0.3 is 0 Å². The van der Waals surface area contributed by atoms with Crippen molar-refractivity contribution in [3.05, 3.63) is 34.9 Å². The molecular weight excluding hydrogens is 248 g/mol. The summed E-state index contributed by atoms with van der Waals surface area (Å²) >= 11 is 6.13. The van der Waals surface area contributed by atoms with Crippen LogP contribution in [0.25, 0.3) is 0 Å². The van der Waals surface area contributed by atoms with Gasteiger partial charge in [-0.3, -0.25) is 0 Å². The van der Waals surface area contributed by atoms with Crippen LogP contribution in [0, 0.1) is 0 Å². The molecule has 2 fully saturated rings. The summed E-state index contributed by atoms with van der Waals surface area (Å²) in [5.74, 6) is 0. The van der Waals surface area contributed by atoms with Crippen LogP contribution in [0.4, 0.5) is 0 Å². The molecule has 3 nitrogen and oxygen atoms in total. The molecule has 1 unspecified atom stereocenters. The summed E-state index contributed by atoms with van der Waals surface area (Å²) in [6.07, 6.45) is 0. The van der Waals surface area contributed by atoms with E-state index >= 15 is 0 Å². The van der Waals surface area contributed by atoms with Gasteiger partial charge in [-0.15, -0.1) is 0 Å². The standard InChI is InChI=1S/C14H19ClN2O/c1-17-6-5-16-13(8-17)14(9-18-10-14)11-3-2-4-12(15)7-11/h2-4,7,13,16H,5-6,8-10H2,1H3. The average Bonchev–Trinajstić information content (AvgIpc) is 2.28. The van der Waals surface area contributed by atoms with Gasteiger partial charge in [-0.2, -0.15) is 0 Å². The summed E-state index contributed by atoms with van der Waals surface area (Å²) < 4.78 is 5.52. The number of halogens is 1. The molecule has 1 N–H and O–H groups in total. The van der Waals surface area contributed by atoms with E-state index in [1.54, 1.807) is 0 Å². The van der Waals surface area contributed by atoms with Crippen molar-refractivity contribution in [2.75, 3.05) is 39.9 Å². The third kappa shape index (κ3) is 2.05. The zero-order valence-electron chi connectivity index (χ0n) is 10.7. The monoisotopic (exact) mass is 266 g/mol. The molecule has 1 atom stereocenters. The highest BCUT2D eigenvalue weighted by molar-refractivity contribution is 6.30. The van der Waals surface area contributed by atoms with E-state index in [0.29, 0.717) is 6.04 Å². The lowest BCUT2D eigenvalue weighted by atomic mass is 9.71. The number of hydrogen-bond donors (Lipinski definition) is 1. The van der Waals surface area contributed by atoms with E-state index in [4.69, 9.17) is 16.3 Å². The first-order valence-electron chi connectivity index (χ1n) is 6.46. The first kappa shape index (κ1) is 12.4. The van der Waals surface area contributed by atoms with Crippen molar-refractivity contribution in [1.82, 2.24) is 10.2 Å². The Kier molecular flexibility index (Phi) is 3.32. The second-order valence-corrected chi connectivity index (χ2v) is 5.86. The molecule has 0 amide bonds. The lowest BCUT2D eigenvalue weighted by Gasteiger charge is -2.50. The predicted molar refractivity (Wildman–Crippen MR) is 73.2 cm³/mol. The minimum absolute atomic E-state index is 0.0968. The Hall–Kier alpha value is -0.610. The van der Waals surface area contributed by atoms with Crippen LogP contribution < -0.4 is 5.32 Å². The minimum Gasteiger partial charge on any atom is -0.379 e. The fraction of sp³-hybridized carbons (Fsp3) is 0.571. The first-order chi connectivity index (χ1) is 8.71. The van der Waals surface area contributed by atoms with Crippen molar-refractivity contribution < 1.29 is 4.74 Å². The molecule has 98 valence electrons. The maximum Gasteiger partial charge on any atom is 0.0601 e. The van der Waals surface area contributed by atoms with Crippen LogP contribution in [-0.2, 0) is 10.2 Å². The number of rotatable bonds is 2. The highest BCUT2D eigenvalue weighted by Crippen LogP contribution is 2.37. The Morgan fingerprint density at radius 2 is 2.28 bits per heavy atom. The van der Waals surface area contributed by atoms with Gasteiger partial charge in [0.2, 0.25) is 0 Å². The normalized spacial score (nSPS) is 27.8. The van der Waals surface area contributed by atoms with E-state index in [1.807, 2.05) is 12.1 Å². The van der Waals surface area contributed by atoms with E-state index in [-0.39, 0.29) is 5.41 Å². The van der Waals surface area contributed by atoms with Crippen LogP contribution in [0.15, 0.2) is 24.3 Å². The molecule has 2 aliphatic heterocycles. The van der Waals surface area contributed by atoms with E-state index in [9.17, 15) is 0 Å². The van der Waals surface area contributed by atoms with Crippen molar-refractivity contribution in [1.29, 1.82) is 0 Å². The van der Waals surface area contributed by atoms with Gasteiger partial charge in [-0.05, 0) is 24.7 Å². The minimum atomic E-state index is 0.0968. The van der Waals surface area contributed by atoms with Crippen LogP contribution in [0.2, 0.25) is 5.02 Å². The van der Waals surface area contributed by atoms with E-state index < -0.39 is 0 Å². The van der Waals surface area contributed by atoms with Crippen molar-refractivity contribution in [2.24, 2.45) is 0 Å². The molecule has 0 bridgehead atoms. The molecule has 4 heteroatoms. The van der Waals surface area contributed by atoms with Gasteiger partial charge in [0, 0.05) is 30.7 Å². The van der Waals surface area contributed by atoms with Gasteiger partial charge in [0.15, 0.2) is 0 Å². The zero-order valence-corrected chi connectivity index (χ0v) is 11.4. The number of likely N-dealkylation sites (N-methyl/N-ethyl adjacent to an activating group) is 1. The molecule has 18 heavy (non-hydrogen) atoms. The van der Waals surface area contributed by atoms with Crippen LogP contribution in [-0.4, -0.2) is 50.8 Å². The third-order valence-corrected chi connectivity index (χ3v) is 4.40. The number of hydrogen-bond acceptors (Lipinski definition) is 3. The second kappa shape index (κ2) is 4.82. The van der Waals surface area contributed by atoms with Crippen molar-refractivity contribution in [3.8, 4) is 0 Å². The summed E-state index contributed by atoms with van der Waals surface area (Å²) in [7, 11) is 2.18. The van der Waals surface area contributed by atoms with Crippen molar-refractivity contribution in [2.45, 2.75) is 11.5 Å². The number of nitrogens with one attached hydrogen (secondary N) is 1. The number of benzene rings is 1. The second-order valence-electron chi connectivity index (χ2n) is 5.43. The quantitative estimate of drug-likeness (QED) is 0.878. The Balaban J connectivity index is 1.89.